The molecule has 0 atom stereocenters. The van der Waals surface area contributed by atoms with E-state index in [-0.39, 0.29) is 36.5 Å². The molecule has 0 bridgehead atoms. The van der Waals surface area contributed by atoms with Crippen LogP contribution in [0.5, 0.6) is 0 Å². The van der Waals surface area contributed by atoms with E-state index < -0.39 is 6.09 Å². The summed E-state index contributed by atoms with van der Waals surface area (Å²) in [6.07, 6.45) is -1.18. The molecule has 0 aliphatic rings. The van der Waals surface area contributed by atoms with Crippen molar-refractivity contribution < 1.29 is 46.4 Å². The molecule has 0 aliphatic carbocycles. The van der Waals surface area contributed by atoms with Gasteiger partial charge in [0.1, 0.15) is 0 Å². The van der Waals surface area contributed by atoms with Gasteiger partial charge >= 0.3 is 6.09 Å². The second kappa shape index (κ2) is 8.11. The average molecular weight is 246 g/mol. The van der Waals surface area contributed by atoms with Crippen molar-refractivity contribution in [3.05, 3.63) is 0 Å². The van der Waals surface area contributed by atoms with Crippen LogP contribution in [0.25, 0.3) is 0 Å². The SMILES string of the molecule is O=C(O)N(S)S.[Mn].[Zn]. The van der Waals surface area contributed by atoms with Crippen LogP contribution in [-0.4, -0.2) is 14.9 Å². The zero-order valence-electron chi connectivity index (χ0n) is 3.78. The summed E-state index contributed by atoms with van der Waals surface area (Å²) in [5.74, 6) is 0. The predicted octanol–water partition coefficient (Wildman–Crippen LogP) is 0.651. The smallest absolute Gasteiger partial charge is 0.427 e. The molecule has 0 aromatic carbocycles. The van der Waals surface area contributed by atoms with Gasteiger partial charge in [-0.15, -0.1) is 0 Å². The largest absolute Gasteiger partial charge is 0.464 e. The number of carboxylic acid groups (broad SMARTS) is 1. The third-order valence-corrected chi connectivity index (χ3v) is 0.513. The first-order valence-electron chi connectivity index (χ1n) is 1.05. The fourth-order valence-electron chi connectivity index (χ4n) is 0. The molecule has 0 saturated carbocycles. The summed E-state index contributed by atoms with van der Waals surface area (Å²) >= 11 is 6.58. The third kappa shape index (κ3) is 10.2. The summed E-state index contributed by atoms with van der Waals surface area (Å²) in [5, 5.41) is 7.76. The summed E-state index contributed by atoms with van der Waals surface area (Å²) in [5.41, 5.74) is 0. The summed E-state index contributed by atoms with van der Waals surface area (Å²) in [6, 6.07) is 0. The van der Waals surface area contributed by atoms with Crippen LogP contribution in [0, 0.1) is 0 Å². The number of nitrogens with zero attached hydrogens (tertiary/aromatic N) is 1. The molecule has 0 fully saturated rings. The fraction of sp³-hybridized carbons (Fsp3) is 0. The summed E-state index contributed by atoms with van der Waals surface area (Å²) in [4.78, 5) is 9.47. The number of hydrogen-bond acceptors (Lipinski definition) is 3. The molecule has 1 amide bonds. The fourth-order valence-corrected chi connectivity index (χ4v) is 0. The first-order chi connectivity index (χ1) is 2.64. The Morgan fingerprint density at radius 1 is 1.50 bits per heavy atom. The Bertz CT molecular complexity index is 71.1. The molecule has 8 heavy (non-hydrogen) atoms. The van der Waals surface area contributed by atoms with E-state index in [1.165, 1.54) is 0 Å². The molecule has 1 N–H and O–H groups in total. The van der Waals surface area contributed by atoms with E-state index in [1.807, 2.05) is 0 Å². The van der Waals surface area contributed by atoms with Crippen molar-refractivity contribution in [3.8, 4) is 0 Å². The summed E-state index contributed by atoms with van der Waals surface area (Å²) in [7, 11) is 0. The van der Waals surface area contributed by atoms with Gasteiger partial charge in [0.15, 0.2) is 0 Å². The average Bonchev–Trinajstić information content (AvgIpc) is 1.36. The Hall–Kier alpha value is 1.11. The van der Waals surface area contributed by atoms with E-state index in [9.17, 15) is 4.79 Å². The van der Waals surface area contributed by atoms with E-state index in [1.54, 1.807) is 0 Å². The van der Waals surface area contributed by atoms with E-state index in [0.717, 1.165) is 0 Å². The van der Waals surface area contributed by atoms with Crippen molar-refractivity contribution in [1.82, 2.24) is 3.71 Å². The number of rotatable bonds is 0. The quantitative estimate of drug-likeness (QED) is 0.433. The Morgan fingerprint density at radius 2 is 1.62 bits per heavy atom. The molecule has 0 spiro atoms. The van der Waals surface area contributed by atoms with Crippen molar-refractivity contribution in [2.75, 3.05) is 0 Å². The van der Waals surface area contributed by atoms with Gasteiger partial charge in [0.2, 0.25) is 0 Å². The number of carbonyl (C=O) groups is 1. The first-order valence-corrected chi connectivity index (χ1v) is 1.85. The van der Waals surface area contributed by atoms with Crippen molar-refractivity contribution in [2.24, 2.45) is 0 Å². The minimum absolute atomic E-state index is 0. The molecule has 45 valence electrons. The van der Waals surface area contributed by atoms with Crippen LogP contribution in [0.2, 0.25) is 0 Å². The minimum atomic E-state index is -1.18. The van der Waals surface area contributed by atoms with Gasteiger partial charge < -0.3 is 5.11 Å². The molecule has 7 heteroatoms. The maximum absolute atomic E-state index is 9.47. The Morgan fingerprint density at radius 3 is 1.62 bits per heavy atom. The van der Waals surface area contributed by atoms with Gasteiger partial charge in [0.25, 0.3) is 0 Å². The number of hydrogen-bond donors (Lipinski definition) is 3. The van der Waals surface area contributed by atoms with Gasteiger partial charge in [-0.05, 0) is 25.6 Å². The van der Waals surface area contributed by atoms with Gasteiger partial charge in [0, 0.05) is 36.5 Å². The first kappa shape index (κ1) is 16.1. The normalized spacial score (nSPS) is 5.75. The predicted molar refractivity (Wildman–Crippen MR) is 27.8 cm³/mol. The molecular formula is CH3MnNO2S2Zn. The number of amides is 1. The molecule has 0 unspecified atom stereocenters. The molecule has 3 nitrogen and oxygen atoms in total. The standard InChI is InChI=1S/CH3NO2S2.Mn.Zn/c3-1(4)2(5)6;;/h5-6H,(H,3,4);;. The molecule has 0 aromatic heterocycles. The molecule has 1 radical (unpaired) electrons. The zero-order valence-corrected chi connectivity index (χ0v) is 9.72. The maximum atomic E-state index is 9.47. The Labute approximate surface area is 81.5 Å². The summed E-state index contributed by atoms with van der Waals surface area (Å²) in [6.45, 7) is 0. The topological polar surface area (TPSA) is 40.5 Å². The molecule has 0 aromatic rings. The van der Waals surface area contributed by atoms with Gasteiger partial charge in [-0.25, -0.2) is 4.79 Å². The van der Waals surface area contributed by atoms with Gasteiger partial charge in [-0.1, -0.05) is 0 Å². The van der Waals surface area contributed by atoms with Crippen LogP contribution >= 0.6 is 25.6 Å². The van der Waals surface area contributed by atoms with Crippen LogP contribution in [0.4, 0.5) is 4.79 Å². The van der Waals surface area contributed by atoms with E-state index in [4.69, 9.17) is 5.11 Å². The summed E-state index contributed by atoms with van der Waals surface area (Å²) < 4.78 is 0.472. The van der Waals surface area contributed by atoms with Crippen LogP contribution in [0.3, 0.4) is 0 Å². The monoisotopic (exact) mass is 244 g/mol. The van der Waals surface area contributed by atoms with E-state index >= 15 is 0 Å². The van der Waals surface area contributed by atoms with Crippen molar-refractivity contribution in [2.45, 2.75) is 0 Å². The van der Waals surface area contributed by atoms with Crippen molar-refractivity contribution >= 4 is 31.7 Å². The second-order valence-corrected chi connectivity index (χ2v) is 1.69. The molecule has 0 rings (SSSR count). The Kier molecular flexibility index (Phi) is 16.3. The molecular weight excluding hydrogens is 242 g/mol. The van der Waals surface area contributed by atoms with Gasteiger partial charge in [-0.3, -0.25) is 0 Å². The second-order valence-electron chi connectivity index (χ2n) is 0.572. The molecule has 0 aliphatic heterocycles. The van der Waals surface area contributed by atoms with Crippen LogP contribution in [0.15, 0.2) is 0 Å². The Balaban J connectivity index is -0.000000125. The van der Waals surface area contributed by atoms with Crippen LogP contribution in [-0.2, 0) is 36.5 Å². The third-order valence-electron chi connectivity index (χ3n) is 0.171. The maximum Gasteiger partial charge on any atom is 0.427 e. The van der Waals surface area contributed by atoms with E-state index in [0.29, 0.717) is 3.71 Å². The molecule has 0 heterocycles. The van der Waals surface area contributed by atoms with E-state index in [2.05, 4.69) is 25.6 Å². The van der Waals surface area contributed by atoms with Crippen LogP contribution < -0.4 is 0 Å². The zero-order chi connectivity index (χ0) is 5.15. The minimum Gasteiger partial charge on any atom is -0.464 e. The molecule has 0 saturated heterocycles. The number of thiol groups is 2. The van der Waals surface area contributed by atoms with Gasteiger partial charge in [0.05, 0.1) is 0 Å². The van der Waals surface area contributed by atoms with Crippen molar-refractivity contribution in [3.63, 3.8) is 0 Å². The van der Waals surface area contributed by atoms with Crippen LogP contribution in [0.1, 0.15) is 0 Å². The van der Waals surface area contributed by atoms with Crippen molar-refractivity contribution in [1.29, 1.82) is 0 Å². The van der Waals surface area contributed by atoms with Gasteiger partial charge in [-0.2, -0.15) is 3.71 Å².